The summed E-state index contributed by atoms with van der Waals surface area (Å²) in [7, 11) is 0. The topological polar surface area (TPSA) is 102 Å². The number of para-hydroxylation sites is 1. The van der Waals surface area contributed by atoms with Crippen molar-refractivity contribution in [1.29, 1.82) is 0 Å². The summed E-state index contributed by atoms with van der Waals surface area (Å²) in [5.41, 5.74) is 14.3. The molecule has 2 aromatic rings. The molecular formula is C18H16N4O2. The number of carbonyl (C=O) groups is 2. The van der Waals surface area contributed by atoms with Gasteiger partial charge in [0.15, 0.2) is 5.71 Å². The van der Waals surface area contributed by atoms with Crippen molar-refractivity contribution in [3.05, 3.63) is 71.8 Å². The molecule has 2 aromatic carbocycles. The molecule has 3 rings (SSSR count). The van der Waals surface area contributed by atoms with Crippen LogP contribution in [0.15, 0.2) is 60.2 Å². The number of nitrogens with zero attached hydrogens (tertiary/aromatic N) is 2. The molecule has 24 heavy (non-hydrogen) atoms. The molecule has 4 N–H and O–H groups in total. The van der Waals surface area contributed by atoms with Gasteiger partial charge in [-0.05, 0) is 23.8 Å². The van der Waals surface area contributed by atoms with Gasteiger partial charge in [-0.15, -0.1) is 0 Å². The molecule has 0 aliphatic carbocycles. The van der Waals surface area contributed by atoms with Crippen LogP contribution in [-0.2, 0) is 11.3 Å². The van der Waals surface area contributed by atoms with E-state index in [1.807, 2.05) is 24.3 Å². The third-order valence-corrected chi connectivity index (χ3v) is 3.82. The summed E-state index contributed by atoms with van der Waals surface area (Å²) >= 11 is 0. The number of hydrogen-bond acceptors (Lipinski definition) is 4. The fourth-order valence-electron chi connectivity index (χ4n) is 2.58. The fraction of sp³-hybridized carbons (Fsp3) is 0.0556. The molecule has 0 bridgehead atoms. The van der Waals surface area contributed by atoms with Crippen molar-refractivity contribution in [2.24, 2.45) is 16.6 Å². The first-order valence-electron chi connectivity index (χ1n) is 7.30. The number of benzene rings is 2. The zero-order valence-electron chi connectivity index (χ0n) is 12.9. The predicted molar refractivity (Wildman–Crippen MR) is 93.2 cm³/mol. The normalized spacial score (nSPS) is 13.2. The minimum atomic E-state index is -0.622. The number of anilines is 1. The summed E-state index contributed by atoms with van der Waals surface area (Å²) < 4.78 is 0. The van der Waals surface area contributed by atoms with Crippen LogP contribution in [0.5, 0.6) is 0 Å². The van der Waals surface area contributed by atoms with E-state index in [0.717, 1.165) is 16.8 Å². The van der Waals surface area contributed by atoms with Crippen LogP contribution < -0.4 is 16.5 Å². The van der Waals surface area contributed by atoms with Crippen molar-refractivity contribution in [3.63, 3.8) is 0 Å². The Balaban J connectivity index is 1.97. The van der Waals surface area contributed by atoms with Gasteiger partial charge in [-0.2, -0.15) is 5.10 Å². The monoisotopic (exact) mass is 320 g/mol. The number of hydrazone groups is 1. The Bertz CT molecular complexity index is 869. The lowest BCUT2D eigenvalue weighted by molar-refractivity contribution is -0.111. The highest BCUT2D eigenvalue weighted by atomic mass is 16.1. The second-order valence-electron chi connectivity index (χ2n) is 5.43. The van der Waals surface area contributed by atoms with E-state index in [2.05, 4.69) is 11.7 Å². The number of carbonyl (C=O) groups excluding carboxylic acids is 2. The zero-order chi connectivity index (χ0) is 17.3. The Hall–Kier alpha value is -3.41. The van der Waals surface area contributed by atoms with Gasteiger partial charge in [-0.25, -0.2) is 0 Å². The average Bonchev–Trinajstić information content (AvgIpc) is 2.57. The smallest absolute Gasteiger partial charge is 0.269 e. The van der Waals surface area contributed by atoms with E-state index < -0.39 is 11.8 Å². The van der Waals surface area contributed by atoms with E-state index in [1.54, 1.807) is 29.3 Å². The van der Waals surface area contributed by atoms with Crippen LogP contribution in [-0.4, -0.2) is 17.5 Å². The summed E-state index contributed by atoms with van der Waals surface area (Å²) in [5.74, 6) is -1.10. The maximum Gasteiger partial charge on any atom is 0.269 e. The Labute approximate surface area is 139 Å². The maximum atomic E-state index is 11.6. The van der Waals surface area contributed by atoms with Gasteiger partial charge < -0.3 is 11.5 Å². The third-order valence-electron chi connectivity index (χ3n) is 3.82. The van der Waals surface area contributed by atoms with Gasteiger partial charge in [0, 0.05) is 16.7 Å². The van der Waals surface area contributed by atoms with Crippen LogP contribution in [0.3, 0.4) is 0 Å². The van der Waals surface area contributed by atoms with E-state index in [-0.39, 0.29) is 5.71 Å². The SMILES string of the molecule is C=C1C(C(N)=O)=NN(Cc2ccc(C(N)=O)cc2)c2ccccc21. The van der Waals surface area contributed by atoms with E-state index in [4.69, 9.17) is 11.5 Å². The molecule has 1 aliphatic heterocycles. The van der Waals surface area contributed by atoms with Crippen molar-refractivity contribution in [3.8, 4) is 0 Å². The molecule has 0 saturated heterocycles. The average molecular weight is 320 g/mol. The van der Waals surface area contributed by atoms with Crippen LogP contribution in [0.25, 0.3) is 5.57 Å². The molecule has 0 spiro atoms. The van der Waals surface area contributed by atoms with Gasteiger partial charge in [0.2, 0.25) is 5.91 Å². The van der Waals surface area contributed by atoms with Gasteiger partial charge in [0.25, 0.3) is 5.91 Å². The van der Waals surface area contributed by atoms with Crippen molar-refractivity contribution < 1.29 is 9.59 Å². The van der Waals surface area contributed by atoms with Gasteiger partial charge in [-0.1, -0.05) is 36.9 Å². The lowest BCUT2D eigenvalue weighted by atomic mass is 9.98. The summed E-state index contributed by atoms with van der Waals surface area (Å²) in [6.45, 7) is 4.34. The maximum absolute atomic E-state index is 11.6. The molecule has 6 nitrogen and oxygen atoms in total. The lowest BCUT2D eigenvalue weighted by Gasteiger charge is -2.28. The number of rotatable bonds is 4. The molecule has 0 radical (unpaired) electrons. The Morgan fingerprint density at radius 3 is 2.29 bits per heavy atom. The highest BCUT2D eigenvalue weighted by Crippen LogP contribution is 2.32. The Morgan fingerprint density at radius 1 is 1.00 bits per heavy atom. The zero-order valence-corrected chi connectivity index (χ0v) is 12.9. The minimum Gasteiger partial charge on any atom is -0.366 e. The number of hydrogen-bond donors (Lipinski definition) is 2. The van der Waals surface area contributed by atoms with Crippen molar-refractivity contribution in [1.82, 2.24) is 0 Å². The Morgan fingerprint density at radius 2 is 1.67 bits per heavy atom. The highest BCUT2D eigenvalue weighted by molar-refractivity contribution is 6.56. The molecule has 120 valence electrons. The van der Waals surface area contributed by atoms with Gasteiger partial charge in [-0.3, -0.25) is 14.6 Å². The molecule has 0 saturated carbocycles. The molecule has 1 heterocycles. The van der Waals surface area contributed by atoms with E-state index in [1.165, 1.54) is 0 Å². The summed E-state index contributed by atoms with van der Waals surface area (Å²) in [6.07, 6.45) is 0. The van der Waals surface area contributed by atoms with Gasteiger partial charge in [0.1, 0.15) is 0 Å². The molecule has 6 heteroatoms. The van der Waals surface area contributed by atoms with Crippen LogP contribution >= 0.6 is 0 Å². The minimum absolute atomic E-state index is 0.141. The number of nitrogens with two attached hydrogens (primary N) is 2. The third kappa shape index (κ3) is 2.77. The first-order chi connectivity index (χ1) is 11.5. The summed E-state index contributed by atoms with van der Waals surface area (Å²) in [5, 5.41) is 6.04. The second-order valence-corrected chi connectivity index (χ2v) is 5.43. The summed E-state index contributed by atoms with van der Waals surface area (Å²) in [4.78, 5) is 22.8. The standard InChI is InChI=1S/C18H16N4O2/c1-11-14-4-2-3-5-15(14)22(21-16(11)18(20)24)10-12-6-8-13(9-7-12)17(19)23/h2-9H,1,10H2,(H2,19,23)(H2,20,24). The van der Waals surface area contributed by atoms with Crippen LogP contribution in [0.2, 0.25) is 0 Å². The fourth-order valence-corrected chi connectivity index (χ4v) is 2.58. The van der Waals surface area contributed by atoms with E-state index in [9.17, 15) is 9.59 Å². The largest absolute Gasteiger partial charge is 0.366 e. The molecule has 0 unspecified atom stereocenters. The molecule has 0 fully saturated rings. The van der Waals surface area contributed by atoms with Crippen LogP contribution in [0.1, 0.15) is 21.5 Å². The quantitative estimate of drug-likeness (QED) is 0.895. The molecule has 0 aromatic heterocycles. The molecule has 2 amide bonds. The number of primary amides is 2. The number of amides is 2. The first-order valence-corrected chi connectivity index (χ1v) is 7.30. The van der Waals surface area contributed by atoms with Crippen molar-refractivity contribution >= 4 is 28.8 Å². The number of fused-ring (bicyclic) bond motifs is 1. The molecule has 0 atom stereocenters. The van der Waals surface area contributed by atoms with Crippen LogP contribution in [0, 0.1) is 0 Å². The molecular weight excluding hydrogens is 304 g/mol. The first kappa shape index (κ1) is 15.5. The lowest BCUT2D eigenvalue weighted by Crippen LogP contribution is -2.32. The van der Waals surface area contributed by atoms with Gasteiger partial charge in [0.05, 0.1) is 12.2 Å². The van der Waals surface area contributed by atoms with E-state index >= 15 is 0 Å². The summed E-state index contributed by atoms with van der Waals surface area (Å²) in [6, 6.07) is 14.4. The molecule has 1 aliphatic rings. The predicted octanol–water partition coefficient (Wildman–Crippen LogP) is 1.66. The van der Waals surface area contributed by atoms with Crippen molar-refractivity contribution in [2.75, 3.05) is 5.01 Å². The van der Waals surface area contributed by atoms with Gasteiger partial charge >= 0.3 is 0 Å². The Kier molecular flexibility index (Phi) is 3.87. The van der Waals surface area contributed by atoms with Crippen LogP contribution in [0.4, 0.5) is 5.69 Å². The van der Waals surface area contributed by atoms with E-state index in [0.29, 0.717) is 17.7 Å². The highest BCUT2D eigenvalue weighted by Gasteiger charge is 2.25. The second kappa shape index (κ2) is 6.00. The van der Waals surface area contributed by atoms with Crippen molar-refractivity contribution in [2.45, 2.75) is 6.54 Å².